The molecule has 3 aliphatic heterocycles. The summed E-state index contributed by atoms with van der Waals surface area (Å²) in [4.78, 5) is 40.6. The van der Waals surface area contributed by atoms with E-state index in [0.29, 0.717) is 38.0 Å². The van der Waals surface area contributed by atoms with E-state index in [9.17, 15) is 9.59 Å². The van der Waals surface area contributed by atoms with Gasteiger partial charge in [-0.2, -0.15) is 0 Å². The number of benzene rings is 2. The van der Waals surface area contributed by atoms with Crippen LogP contribution in [0.5, 0.6) is 0 Å². The second-order valence-corrected chi connectivity index (χ2v) is 14.1. The minimum absolute atomic E-state index is 0.250. The number of pyridine rings is 1. The van der Waals surface area contributed by atoms with Crippen LogP contribution in [0.4, 0.5) is 0 Å². The molecule has 47 heavy (non-hydrogen) atoms. The second kappa shape index (κ2) is 17.0. The molecule has 250 valence electrons. The summed E-state index contributed by atoms with van der Waals surface area (Å²) in [7, 11) is 0. The van der Waals surface area contributed by atoms with E-state index >= 15 is 0 Å². The molecule has 3 aliphatic rings. The highest BCUT2D eigenvalue weighted by Crippen LogP contribution is 2.24. The van der Waals surface area contributed by atoms with Crippen molar-refractivity contribution in [1.82, 2.24) is 24.6 Å². The third kappa shape index (κ3) is 10.2. The molecule has 3 aromatic rings. The van der Waals surface area contributed by atoms with Crippen molar-refractivity contribution >= 4 is 11.8 Å². The molecule has 7 nitrogen and oxygen atoms in total. The summed E-state index contributed by atoms with van der Waals surface area (Å²) in [6.45, 7) is 7.49. The number of amides is 2. The first-order valence-corrected chi connectivity index (χ1v) is 18.1. The van der Waals surface area contributed by atoms with Crippen LogP contribution in [0.1, 0.15) is 67.5 Å². The van der Waals surface area contributed by atoms with Gasteiger partial charge in [-0.05, 0) is 99.6 Å². The van der Waals surface area contributed by atoms with E-state index in [1.54, 1.807) is 0 Å². The molecule has 0 atom stereocenters. The molecule has 0 spiro atoms. The monoisotopic (exact) mass is 635 g/mol. The predicted molar refractivity (Wildman–Crippen MR) is 188 cm³/mol. The molecule has 7 heteroatoms. The van der Waals surface area contributed by atoms with Crippen LogP contribution in [-0.4, -0.2) is 88.8 Å². The van der Waals surface area contributed by atoms with Crippen molar-refractivity contribution in [2.24, 2.45) is 11.8 Å². The van der Waals surface area contributed by atoms with Crippen LogP contribution in [0, 0.1) is 11.8 Å². The average Bonchev–Trinajstić information content (AvgIpc) is 3.09. The van der Waals surface area contributed by atoms with Gasteiger partial charge in [-0.3, -0.25) is 24.4 Å². The maximum atomic E-state index is 13.4. The summed E-state index contributed by atoms with van der Waals surface area (Å²) in [5.74, 6) is 1.81. The molecule has 0 saturated carbocycles. The van der Waals surface area contributed by atoms with E-state index in [4.69, 9.17) is 4.98 Å². The number of hydrogen-bond acceptors (Lipinski definition) is 5. The average molecular weight is 636 g/mol. The van der Waals surface area contributed by atoms with Crippen LogP contribution in [0.3, 0.4) is 0 Å². The zero-order chi connectivity index (χ0) is 32.3. The smallest absolute Gasteiger partial charge is 0.236 e. The summed E-state index contributed by atoms with van der Waals surface area (Å²) < 4.78 is 0. The highest BCUT2D eigenvalue weighted by molar-refractivity contribution is 5.78. The van der Waals surface area contributed by atoms with E-state index < -0.39 is 0 Å². The van der Waals surface area contributed by atoms with Gasteiger partial charge in [-0.15, -0.1) is 0 Å². The summed E-state index contributed by atoms with van der Waals surface area (Å²) >= 11 is 0. The van der Waals surface area contributed by atoms with Crippen LogP contribution in [0.15, 0.2) is 78.9 Å². The molecular formula is C40H53N5O2. The third-order valence-electron chi connectivity index (χ3n) is 10.5. The lowest BCUT2D eigenvalue weighted by molar-refractivity contribution is -0.134. The first kappa shape index (κ1) is 33.4. The van der Waals surface area contributed by atoms with E-state index in [-0.39, 0.29) is 11.8 Å². The minimum atomic E-state index is 0.250. The van der Waals surface area contributed by atoms with Crippen molar-refractivity contribution in [1.29, 1.82) is 0 Å². The van der Waals surface area contributed by atoms with Gasteiger partial charge in [0.25, 0.3) is 0 Å². The van der Waals surface area contributed by atoms with Crippen molar-refractivity contribution in [3.05, 3.63) is 101 Å². The Kier molecular flexibility index (Phi) is 12.1. The molecule has 2 saturated heterocycles. The number of hydrogen-bond donors (Lipinski definition) is 0. The number of fused-ring (bicyclic) bond motifs is 2. The van der Waals surface area contributed by atoms with Gasteiger partial charge in [-0.25, -0.2) is 0 Å². The molecule has 4 heterocycles. The van der Waals surface area contributed by atoms with Crippen molar-refractivity contribution in [3.8, 4) is 0 Å². The number of piperidine rings is 2. The van der Waals surface area contributed by atoms with Crippen LogP contribution in [-0.2, 0) is 35.5 Å². The maximum Gasteiger partial charge on any atom is 0.236 e. The predicted octanol–water partition coefficient (Wildman–Crippen LogP) is 5.83. The van der Waals surface area contributed by atoms with Gasteiger partial charge in [0.05, 0.1) is 24.5 Å². The Morgan fingerprint density at radius 2 is 0.957 bits per heavy atom. The SMILES string of the molecule is O=C(CN1CCCCCN(CC(=O)N2CCC(Cc3ccccc3)CC2)Cc2cccc(n2)C1)N1CCC(Cc2ccccc2)CC1. The molecule has 2 bridgehead atoms. The molecule has 2 aromatic carbocycles. The Bertz CT molecular complexity index is 1300. The molecule has 0 N–H and O–H groups in total. The Balaban J connectivity index is 0.981. The van der Waals surface area contributed by atoms with Gasteiger partial charge < -0.3 is 9.80 Å². The maximum absolute atomic E-state index is 13.4. The number of carbonyl (C=O) groups is 2. The molecule has 2 fully saturated rings. The number of nitrogens with zero attached hydrogens (tertiary/aromatic N) is 5. The van der Waals surface area contributed by atoms with Gasteiger partial charge in [-0.1, -0.05) is 73.2 Å². The zero-order valence-corrected chi connectivity index (χ0v) is 28.1. The number of likely N-dealkylation sites (tertiary alicyclic amines) is 2. The van der Waals surface area contributed by atoms with Crippen LogP contribution >= 0.6 is 0 Å². The van der Waals surface area contributed by atoms with Gasteiger partial charge in [0.1, 0.15) is 0 Å². The molecule has 6 rings (SSSR count). The van der Waals surface area contributed by atoms with E-state index in [2.05, 4.69) is 98.5 Å². The van der Waals surface area contributed by atoms with E-state index in [1.165, 1.54) is 11.1 Å². The lowest BCUT2D eigenvalue weighted by Gasteiger charge is -2.34. The highest BCUT2D eigenvalue weighted by atomic mass is 16.2. The van der Waals surface area contributed by atoms with Gasteiger partial charge in [0.15, 0.2) is 0 Å². The topological polar surface area (TPSA) is 60.0 Å². The minimum Gasteiger partial charge on any atom is -0.342 e. The normalized spacial score (nSPS) is 19.6. The second-order valence-electron chi connectivity index (χ2n) is 14.1. The largest absolute Gasteiger partial charge is 0.342 e. The zero-order valence-electron chi connectivity index (χ0n) is 28.1. The fraction of sp³-hybridized carbons (Fsp3) is 0.525. The number of rotatable bonds is 8. The van der Waals surface area contributed by atoms with Crippen LogP contribution in [0.25, 0.3) is 0 Å². The lowest BCUT2D eigenvalue weighted by atomic mass is 9.90. The highest BCUT2D eigenvalue weighted by Gasteiger charge is 2.26. The van der Waals surface area contributed by atoms with Gasteiger partial charge >= 0.3 is 0 Å². The molecule has 2 amide bonds. The Hall–Kier alpha value is -3.55. The number of aromatic nitrogens is 1. The Morgan fingerprint density at radius 3 is 1.38 bits per heavy atom. The van der Waals surface area contributed by atoms with Crippen LogP contribution < -0.4 is 0 Å². The fourth-order valence-corrected chi connectivity index (χ4v) is 7.69. The third-order valence-corrected chi connectivity index (χ3v) is 10.5. The lowest BCUT2D eigenvalue weighted by Crippen LogP contribution is -2.45. The fourth-order valence-electron chi connectivity index (χ4n) is 7.69. The molecule has 1 aromatic heterocycles. The van der Waals surface area contributed by atoms with Crippen LogP contribution in [0.2, 0.25) is 0 Å². The first-order chi connectivity index (χ1) is 23.1. The van der Waals surface area contributed by atoms with Crippen molar-refractivity contribution in [3.63, 3.8) is 0 Å². The molecule has 0 unspecified atom stereocenters. The van der Waals surface area contributed by atoms with Crippen molar-refractivity contribution < 1.29 is 9.59 Å². The summed E-state index contributed by atoms with van der Waals surface area (Å²) in [5, 5.41) is 0. The quantitative estimate of drug-likeness (QED) is 0.312. The summed E-state index contributed by atoms with van der Waals surface area (Å²) in [6.07, 6.45) is 9.71. The molecule has 0 aliphatic carbocycles. The van der Waals surface area contributed by atoms with E-state index in [1.807, 2.05) is 0 Å². The summed E-state index contributed by atoms with van der Waals surface area (Å²) in [5.41, 5.74) is 4.81. The Labute approximate surface area is 282 Å². The van der Waals surface area contributed by atoms with Crippen molar-refractivity contribution in [2.45, 2.75) is 70.9 Å². The number of carbonyl (C=O) groups excluding carboxylic acids is 2. The molecular weight excluding hydrogens is 582 g/mol. The summed E-state index contributed by atoms with van der Waals surface area (Å²) in [6, 6.07) is 27.7. The van der Waals surface area contributed by atoms with Gasteiger partial charge in [0, 0.05) is 39.3 Å². The van der Waals surface area contributed by atoms with Gasteiger partial charge in [0.2, 0.25) is 11.8 Å². The molecule has 0 radical (unpaired) electrons. The Morgan fingerprint density at radius 1 is 0.532 bits per heavy atom. The first-order valence-electron chi connectivity index (χ1n) is 18.1. The van der Waals surface area contributed by atoms with Crippen molar-refractivity contribution in [2.75, 3.05) is 52.4 Å². The van der Waals surface area contributed by atoms with E-state index in [0.717, 1.165) is 108 Å². The standard InChI is InChI=1S/C40H53N5O2/c46-39(44-23-17-35(18-24-44)27-33-11-4-1-5-12-33)31-42-21-8-3-9-22-43(30-38-16-10-15-37(29-42)41-38)32-40(47)45-25-19-36(20-26-45)28-34-13-6-2-7-14-34/h1-2,4-7,10-16,35-36H,3,8-9,17-32H2.